The predicted molar refractivity (Wildman–Crippen MR) is 96.6 cm³/mol. The van der Waals surface area contributed by atoms with Crippen LogP contribution in [0.1, 0.15) is 51.3 Å². The number of phenolic OH excluding ortho intramolecular Hbond substituents is 1. The van der Waals surface area contributed by atoms with Gasteiger partial charge in [0, 0.05) is 24.2 Å². The summed E-state index contributed by atoms with van der Waals surface area (Å²) in [6.07, 6.45) is 1.58. The minimum Gasteiger partial charge on any atom is -0.504 e. The molecule has 1 N–H and O–H groups in total. The molecule has 0 aromatic heterocycles. The van der Waals surface area contributed by atoms with E-state index in [-0.39, 0.29) is 17.2 Å². The zero-order chi connectivity index (χ0) is 18.1. The van der Waals surface area contributed by atoms with Crippen molar-refractivity contribution in [1.29, 1.82) is 0 Å². The lowest BCUT2D eigenvalue weighted by atomic mass is 9.90. The smallest absolute Gasteiger partial charge is 0.161 e. The molecule has 1 heterocycles. The summed E-state index contributed by atoms with van der Waals surface area (Å²) < 4.78 is 5.29. The van der Waals surface area contributed by atoms with Crippen LogP contribution < -0.4 is 4.74 Å². The molecule has 1 aromatic carbocycles. The summed E-state index contributed by atoms with van der Waals surface area (Å²) in [5.74, 6) is 2.02. The SMILES string of the molecule is COc1cc2c(cc1O)CCN(/C(C)=C1\C(=O)C[C@H]3[C@@H]1C3(C)C)[C@@H]2C. The molecule has 3 atom stereocenters. The van der Waals surface area contributed by atoms with Crippen molar-refractivity contribution in [1.82, 2.24) is 4.90 Å². The molecule has 2 fully saturated rings. The van der Waals surface area contributed by atoms with Crippen molar-refractivity contribution in [2.24, 2.45) is 17.3 Å². The Bertz CT molecular complexity index is 793. The largest absolute Gasteiger partial charge is 0.504 e. The quantitative estimate of drug-likeness (QED) is 0.831. The molecule has 25 heavy (non-hydrogen) atoms. The Kier molecular flexibility index (Phi) is 3.47. The Morgan fingerprint density at radius 1 is 1.36 bits per heavy atom. The maximum Gasteiger partial charge on any atom is 0.161 e. The molecule has 4 rings (SSSR count). The van der Waals surface area contributed by atoms with Crippen molar-refractivity contribution >= 4 is 5.78 Å². The van der Waals surface area contributed by atoms with Crippen LogP contribution in [-0.2, 0) is 11.2 Å². The van der Waals surface area contributed by atoms with E-state index in [4.69, 9.17) is 4.74 Å². The van der Waals surface area contributed by atoms with Gasteiger partial charge in [-0.25, -0.2) is 0 Å². The average Bonchev–Trinajstić information content (AvgIpc) is 2.91. The number of phenols is 1. The lowest BCUT2D eigenvalue weighted by molar-refractivity contribution is -0.115. The summed E-state index contributed by atoms with van der Waals surface area (Å²) >= 11 is 0. The van der Waals surface area contributed by atoms with Crippen molar-refractivity contribution < 1.29 is 14.6 Å². The molecular weight excluding hydrogens is 314 g/mol. The highest BCUT2D eigenvalue weighted by Crippen LogP contribution is 2.68. The Labute approximate surface area is 149 Å². The van der Waals surface area contributed by atoms with Crippen LogP contribution in [0.15, 0.2) is 23.4 Å². The molecule has 1 aliphatic heterocycles. The van der Waals surface area contributed by atoms with Gasteiger partial charge in [0.1, 0.15) is 0 Å². The average molecular weight is 341 g/mol. The molecule has 0 unspecified atom stereocenters. The number of nitrogens with zero attached hydrogens (tertiary/aromatic N) is 1. The van der Waals surface area contributed by atoms with Gasteiger partial charge in [0.05, 0.1) is 13.2 Å². The fourth-order valence-corrected chi connectivity index (χ4v) is 5.22. The lowest BCUT2D eigenvalue weighted by Gasteiger charge is -2.39. The highest BCUT2D eigenvalue weighted by Gasteiger charge is 2.65. The fourth-order valence-electron chi connectivity index (χ4n) is 5.22. The van der Waals surface area contributed by atoms with E-state index in [1.807, 2.05) is 12.1 Å². The molecule has 0 saturated heterocycles. The Morgan fingerprint density at radius 2 is 2.08 bits per heavy atom. The number of aromatic hydroxyl groups is 1. The second kappa shape index (κ2) is 5.26. The number of rotatable bonds is 2. The zero-order valence-electron chi connectivity index (χ0n) is 15.7. The van der Waals surface area contributed by atoms with Gasteiger partial charge in [0.2, 0.25) is 0 Å². The fraction of sp³-hybridized carbons (Fsp3) is 0.571. The molecule has 2 aliphatic carbocycles. The number of ketones is 1. The molecule has 4 nitrogen and oxygen atoms in total. The van der Waals surface area contributed by atoms with E-state index in [1.54, 1.807) is 7.11 Å². The molecule has 3 aliphatic rings. The Balaban J connectivity index is 1.71. The molecule has 1 aromatic rings. The van der Waals surface area contributed by atoms with Crippen molar-refractivity contribution in [3.63, 3.8) is 0 Å². The van der Waals surface area contributed by atoms with Crippen molar-refractivity contribution in [2.45, 2.75) is 46.6 Å². The van der Waals surface area contributed by atoms with Gasteiger partial charge >= 0.3 is 0 Å². The molecule has 4 heteroatoms. The standard InChI is InChI=1S/C21H27NO3/c1-11-14-9-18(25-5)16(23)8-13(14)6-7-22(11)12(2)19-17(24)10-15-20(19)21(15,3)4/h8-9,11,15,20,23H,6-7,10H2,1-5H3/b19-12+/t11-,15+,20+/m1/s1. The van der Waals surface area contributed by atoms with E-state index < -0.39 is 0 Å². The molecular formula is C21H27NO3. The minimum atomic E-state index is 0.166. The Hall–Kier alpha value is -1.97. The van der Waals surface area contributed by atoms with Crippen LogP contribution in [0.4, 0.5) is 0 Å². The molecule has 2 saturated carbocycles. The number of carbonyl (C=O) groups is 1. The number of hydrogen-bond acceptors (Lipinski definition) is 4. The van der Waals surface area contributed by atoms with Crippen LogP contribution in [0.25, 0.3) is 0 Å². The van der Waals surface area contributed by atoms with E-state index in [9.17, 15) is 9.90 Å². The second-order valence-electron chi connectivity index (χ2n) is 8.37. The molecule has 0 radical (unpaired) electrons. The first kappa shape index (κ1) is 16.5. The maximum atomic E-state index is 12.5. The van der Waals surface area contributed by atoms with Crippen molar-refractivity contribution in [3.05, 3.63) is 34.5 Å². The topological polar surface area (TPSA) is 49.8 Å². The number of fused-ring (bicyclic) bond motifs is 2. The van der Waals surface area contributed by atoms with Gasteiger partial charge in [-0.15, -0.1) is 0 Å². The van der Waals surface area contributed by atoms with Gasteiger partial charge in [-0.2, -0.15) is 0 Å². The summed E-state index contributed by atoms with van der Waals surface area (Å²) in [5.41, 5.74) is 4.83. The molecule has 0 spiro atoms. The van der Waals surface area contributed by atoms with E-state index in [0.717, 1.165) is 24.2 Å². The number of benzene rings is 1. The predicted octanol–water partition coefficient (Wildman–Crippen LogP) is 3.84. The summed E-state index contributed by atoms with van der Waals surface area (Å²) in [6, 6.07) is 3.94. The van der Waals surface area contributed by atoms with Gasteiger partial charge in [-0.1, -0.05) is 13.8 Å². The van der Waals surface area contributed by atoms with Gasteiger partial charge < -0.3 is 14.7 Å². The maximum absolute atomic E-state index is 12.5. The van der Waals surface area contributed by atoms with Gasteiger partial charge in [0.15, 0.2) is 17.3 Å². The highest BCUT2D eigenvalue weighted by molar-refractivity contribution is 6.01. The lowest BCUT2D eigenvalue weighted by Crippen LogP contribution is -2.34. The summed E-state index contributed by atoms with van der Waals surface area (Å²) in [6.45, 7) is 9.73. The number of Topliss-reactive ketones (excluding diaryl/α,β-unsaturated/α-hetero) is 1. The molecule has 0 amide bonds. The third-order valence-corrected chi connectivity index (χ3v) is 6.87. The first-order valence-corrected chi connectivity index (χ1v) is 9.17. The minimum absolute atomic E-state index is 0.166. The summed E-state index contributed by atoms with van der Waals surface area (Å²) in [5, 5.41) is 10.0. The summed E-state index contributed by atoms with van der Waals surface area (Å²) in [4.78, 5) is 14.9. The number of methoxy groups -OCH3 is 1. The van der Waals surface area contributed by atoms with Gasteiger partial charge in [0.25, 0.3) is 0 Å². The van der Waals surface area contributed by atoms with Crippen molar-refractivity contribution in [2.75, 3.05) is 13.7 Å². The van der Waals surface area contributed by atoms with E-state index >= 15 is 0 Å². The number of hydrogen-bond donors (Lipinski definition) is 1. The second-order valence-corrected chi connectivity index (χ2v) is 8.37. The van der Waals surface area contributed by atoms with Crippen LogP contribution in [0.2, 0.25) is 0 Å². The number of ether oxygens (including phenoxy) is 1. The van der Waals surface area contributed by atoms with Crippen LogP contribution >= 0.6 is 0 Å². The van der Waals surface area contributed by atoms with E-state index in [1.165, 1.54) is 11.1 Å². The van der Waals surface area contributed by atoms with E-state index in [0.29, 0.717) is 29.8 Å². The first-order chi connectivity index (χ1) is 11.8. The van der Waals surface area contributed by atoms with Gasteiger partial charge in [-0.05, 0) is 60.8 Å². The molecule has 0 bridgehead atoms. The van der Waals surface area contributed by atoms with Crippen LogP contribution in [0.5, 0.6) is 11.5 Å². The third kappa shape index (κ3) is 2.22. The monoisotopic (exact) mass is 341 g/mol. The summed E-state index contributed by atoms with van der Waals surface area (Å²) in [7, 11) is 1.58. The van der Waals surface area contributed by atoms with Gasteiger partial charge in [-0.3, -0.25) is 4.79 Å². The van der Waals surface area contributed by atoms with E-state index in [2.05, 4.69) is 32.6 Å². The third-order valence-electron chi connectivity index (χ3n) is 6.87. The number of carbonyl (C=O) groups excluding carboxylic acids is 1. The highest BCUT2D eigenvalue weighted by atomic mass is 16.5. The normalized spacial score (nSPS) is 31.5. The number of allylic oxidation sites excluding steroid dienone is 2. The van der Waals surface area contributed by atoms with Crippen LogP contribution in [0.3, 0.4) is 0 Å². The van der Waals surface area contributed by atoms with Crippen molar-refractivity contribution in [3.8, 4) is 11.5 Å². The van der Waals surface area contributed by atoms with Crippen LogP contribution in [0, 0.1) is 17.3 Å². The molecule has 134 valence electrons. The zero-order valence-corrected chi connectivity index (χ0v) is 15.7. The Morgan fingerprint density at radius 3 is 2.72 bits per heavy atom. The van der Waals surface area contributed by atoms with Crippen LogP contribution in [-0.4, -0.2) is 29.4 Å². The first-order valence-electron chi connectivity index (χ1n) is 9.17.